The van der Waals surface area contributed by atoms with Crippen LogP contribution in [0.4, 0.5) is 5.69 Å². The third kappa shape index (κ3) is 1.99. The fourth-order valence-corrected chi connectivity index (χ4v) is 1.19. The zero-order valence-corrected chi connectivity index (χ0v) is 8.11. The van der Waals surface area contributed by atoms with Gasteiger partial charge in [0.1, 0.15) is 0 Å². The van der Waals surface area contributed by atoms with Gasteiger partial charge in [-0.3, -0.25) is 4.99 Å². The lowest BCUT2D eigenvalue weighted by Gasteiger charge is -2.26. The second-order valence-electron chi connectivity index (χ2n) is 2.85. The van der Waals surface area contributed by atoms with Crippen LogP contribution in [-0.4, -0.2) is 20.1 Å². The Morgan fingerprint density at radius 3 is 2.54 bits per heavy atom. The fourth-order valence-electron chi connectivity index (χ4n) is 1.19. The van der Waals surface area contributed by atoms with Crippen molar-refractivity contribution >= 4 is 11.7 Å². The highest BCUT2D eigenvalue weighted by atomic mass is 16.3. The highest BCUT2D eigenvalue weighted by molar-refractivity contribution is 5.88. The summed E-state index contributed by atoms with van der Waals surface area (Å²) in [6.45, 7) is 1.97. The minimum absolute atomic E-state index is 0.228. The molecule has 0 aromatic heterocycles. The first-order valence-corrected chi connectivity index (χ1v) is 4.10. The van der Waals surface area contributed by atoms with Gasteiger partial charge in [0.2, 0.25) is 0 Å². The van der Waals surface area contributed by atoms with E-state index in [1.165, 1.54) is 11.9 Å². The second kappa shape index (κ2) is 3.94. The lowest BCUT2D eigenvalue weighted by atomic mass is 10.2. The molecule has 0 amide bonds. The summed E-state index contributed by atoms with van der Waals surface area (Å²) < 4.78 is 0. The second-order valence-corrected chi connectivity index (χ2v) is 2.85. The van der Waals surface area contributed by atoms with Gasteiger partial charge in [0.05, 0.1) is 6.02 Å². The Labute approximate surface area is 78.3 Å². The van der Waals surface area contributed by atoms with E-state index in [0.29, 0.717) is 0 Å². The number of nitrogens with zero attached hydrogens (tertiary/aromatic N) is 2. The molecule has 0 fully saturated rings. The highest BCUT2D eigenvalue weighted by Gasteiger charge is 2.01. The van der Waals surface area contributed by atoms with Gasteiger partial charge in [0, 0.05) is 19.8 Å². The average molecular weight is 177 g/mol. The third-order valence-corrected chi connectivity index (χ3v) is 1.96. The van der Waals surface area contributed by atoms with Crippen molar-refractivity contribution in [2.45, 2.75) is 6.92 Å². The van der Waals surface area contributed by atoms with E-state index in [1.807, 2.05) is 31.2 Å². The number of aryl methyl sites for hydroxylation is 1. The van der Waals surface area contributed by atoms with Crippen LogP contribution in [0.5, 0.6) is 0 Å². The minimum Gasteiger partial charge on any atom is -0.846 e. The zero-order chi connectivity index (χ0) is 9.84. The summed E-state index contributed by atoms with van der Waals surface area (Å²) in [4.78, 5) is 5.13. The Morgan fingerprint density at radius 1 is 1.38 bits per heavy atom. The van der Waals surface area contributed by atoms with Crippen LogP contribution in [-0.2, 0) is 0 Å². The van der Waals surface area contributed by atoms with Crippen LogP contribution in [0.3, 0.4) is 0 Å². The SMILES string of the molecule is CN=C([O-])N(C)c1ccccc1C. The number of amidine groups is 1. The smallest absolute Gasteiger partial charge is 0.0538 e. The maximum absolute atomic E-state index is 11.2. The van der Waals surface area contributed by atoms with Crippen LogP contribution < -0.4 is 10.0 Å². The molecule has 0 heterocycles. The number of hydrogen-bond donors (Lipinski definition) is 0. The monoisotopic (exact) mass is 177 g/mol. The van der Waals surface area contributed by atoms with Crippen molar-refractivity contribution in [2.24, 2.45) is 4.99 Å². The van der Waals surface area contributed by atoms with Gasteiger partial charge < -0.3 is 10.0 Å². The molecule has 1 aromatic rings. The lowest BCUT2D eigenvalue weighted by Crippen LogP contribution is -2.37. The van der Waals surface area contributed by atoms with Gasteiger partial charge in [-0.2, -0.15) is 0 Å². The van der Waals surface area contributed by atoms with Crippen molar-refractivity contribution in [3.8, 4) is 0 Å². The number of benzene rings is 1. The summed E-state index contributed by atoms with van der Waals surface area (Å²) in [5, 5.41) is 11.2. The molecule has 0 spiro atoms. The van der Waals surface area contributed by atoms with Crippen LogP contribution in [0.2, 0.25) is 0 Å². The van der Waals surface area contributed by atoms with E-state index < -0.39 is 0 Å². The molecule has 0 atom stereocenters. The molecular formula is C10H13N2O-. The molecular weight excluding hydrogens is 164 g/mol. The van der Waals surface area contributed by atoms with Gasteiger partial charge in [-0.15, -0.1) is 0 Å². The molecule has 0 saturated heterocycles. The van der Waals surface area contributed by atoms with Crippen LogP contribution in [0.1, 0.15) is 5.56 Å². The van der Waals surface area contributed by atoms with Gasteiger partial charge in [-0.25, -0.2) is 0 Å². The van der Waals surface area contributed by atoms with E-state index in [0.717, 1.165) is 11.3 Å². The van der Waals surface area contributed by atoms with E-state index in [9.17, 15) is 5.11 Å². The predicted octanol–water partition coefficient (Wildman–Crippen LogP) is 0.777. The van der Waals surface area contributed by atoms with Crippen LogP contribution in [0.25, 0.3) is 0 Å². The van der Waals surface area contributed by atoms with Crippen LogP contribution in [0.15, 0.2) is 29.3 Å². The topological polar surface area (TPSA) is 38.7 Å². The molecule has 13 heavy (non-hydrogen) atoms. The molecule has 1 aromatic carbocycles. The van der Waals surface area contributed by atoms with Gasteiger partial charge in [0.15, 0.2) is 0 Å². The standard InChI is InChI=1S/C10H14N2O/c1-8-6-4-5-7-9(8)12(3)10(13)11-2/h4-7H,1-3H3,(H,11,13)/p-1. The average Bonchev–Trinajstić information content (AvgIpc) is 2.16. The maximum Gasteiger partial charge on any atom is 0.0538 e. The summed E-state index contributed by atoms with van der Waals surface area (Å²) >= 11 is 0. The summed E-state index contributed by atoms with van der Waals surface area (Å²) in [7, 11) is 3.22. The van der Waals surface area contributed by atoms with Gasteiger partial charge >= 0.3 is 0 Å². The Kier molecular flexibility index (Phi) is 2.90. The van der Waals surface area contributed by atoms with Crippen molar-refractivity contribution in [3.05, 3.63) is 29.8 Å². The number of rotatable bonds is 1. The summed E-state index contributed by atoms with van der Waals surface area (Å²) in [6, 6.07) is 7.49. The van der Waals surface area contributed by atoms with E-state index >= 15 is 0 Å². The molecule has 0 bridgehead atoms. The number of hydrogen-bond acceptors (Lipinski definition) is 2. The molecule has 0 aliphatic carbocycles. The van der Waals surface area contributed by atoms with Crippen molar-refractivity contribution in [1.82, 2.24) is 0 Å². The number of anilines is 1. The molecule has 0 aliphatic rings. The molecule has 0 unspecified atom stereocenters. The largest absolute Gasteiger partial charge is 0.846 e. The highest BCUT2D eigenvalue weighted by Crippen LogP contribution is 2.16. The Hall–Kier alpha value is -1.51. The van der Waals surface area contributed by atoms with Gasteiger partial charge in [-0.05, 0) is 18.6 Å². The molecule has 3 heteroatoms. The molecule has 0 saturated carbocycles. The van der Waals surface area contributed by atoms with Crippen LogP contribution in [0, 0.1) is 6.92 Å². The first-order valence-electron chi connectivity index (χ1n) is 4.10. The molecule has 0 N–H and O–H groups in total. The number of aliphatic imine (C=N–C) groups is 1. The molecule has 0 radical (unpaired) electrons. The van der Waals surface area contributed by atoms with Crippen molar-refractivity contribution < 1.29 is 5.11 Å². The zero-order valence-electron chi connectivity index (χ0n) is 8.11. The van der Waals surface area contributed by atoms with Crippen LogP contribution >= 0.6 is 0 Å². The molecule has 0 aliphatic heterocycles. The number of para-hydroxylation sites is 1. The molecule has 70 valence electrons. The molecule has 1 rings (SSSR count). The van der Waals surface area contributed by atoms with Gasteiger partial charge in [-0.1, -0.05) is 18.2 Å². The van der Waals surface area contributed by atoms with E-state index in [4.69, 9.17) is 0 Å². The van der Waals surface area contributed by atoms with Gasteiger partial charge in [0.25, 0.3) is 0 Å². The quantitative estimate of drug-likeness (QED) is 0.469. The van der Waals surface area contributed by atoms with Crippen molar-refractivity contribution in [3.63, 3.8) is 0 Å². The van der Waals surface area contributed by atoms with Crippen molar-refractivity contribution in [2.75, 3.05) is 19.0 Å². The Bertz CT molecular complexity index is 320. The van der Waals surface area contributed by atoms with E-state index in [2.05, 4.69) is 4.99 Å². The Morgan fingerprint density at radius 2 is 2.00 bits per heavy atom. The fraction of sp³-hybridized carbons (Fsp3) is 0.300. The minimum atomic E-state index is -0.228. The van der Waals surface area contributed by atoms with E-state index in [-0.39, 0.29) is 6.02 Å². The normalized spacial score (nSPS) is 11.5. The molecule has 3 nitrogen and oxygen atoms in total. The summed E-state index contributed by atoms with van der Waals surface area (Å²) in [5.74, 6) is 0. The maximum atomic E-state index is 11.2. The Balaban J connectivity index is 3.02. The predicted molar refractivity (Wildman–Crippen MR) is 52.9 cm³/mol. The third-order valence-electron chi connectivity index (χ3n) is 1.96. The van der Waals surface area contributed by atoms with E-state index in [1.54, 1.807) is 7.05 Å². The first-order chi connectivity index (χ1) is 6.16. The summed E-state index contributed by atoms with van der Waals surface area (Å²) in [5.41, 5.74) is 1.97. The van der Waals surface area contributed by atoms with Crippen molar-refractivity contribution in [1.29, 1.82) is 0 Å². The lowest BCUT2D eigenvalue weighted by molar-refractivity contribution is -0.217. The summed E-state index contributed by atoms with van der Waals surface area (Å²) in [6.07, 6.45) is 0. The first kappa shape index (κ1) is 9.58.